The van der Waals surface area contributed by atoms with Crippen molar-refractivity contribution >= 4 is 160 Å². The van der Waals surface area contributed by atoms with Crippen LogP contribution in [-0.4, -0.2) is 80.9 Å². The maximum atomic E-state index is 13.3. The highest BCUT2D eigenvalue weighted by Gasteiger charge is 2.15. The summed E-state index contributed by atoms with van der Waals surface area (Å²) in [5.41, 5.74) is 13.0. The molecule has 554 valence electrons. The van der Waals surface area contributed by atoms with Gasteiger partial charge in [0.1, 0.15) is 40.5 Å². The number of rotatable bonds is 15. The predicted molar refractivity (Wildman–Crippen MR) is 451 cm³/mol. The summed E-state index contributed by atoms with van der Waals surface area (Å²) in [5.74, 6) is 30.3. The number of terminal acetylenes is 3. The van der Waals surface area contributed by atoms with E-state index in [1.165, 1.54) is 63.0 Å². The third-order valence-corrected chi connectivity index (χ3v) is 20.9. The van der Waals surface area contributed by atoms with Crippen LogP contribution in [0.15, 0.2) is 158 Å². The molecule has 0 aliphatic heterocycles. The molecule has 0 saturated carbocycles. The van der Waals surface area contributed by atoms with Crippen molar-refractivity contribution in [2.75, 3.05) is 29.0 Å². The highest BCUT2D eigenvalue weighted by molar-refractivity contribution is 7.19. The van der Waals surface area contributed by atoms with Crippen LogP contribution in [0.2, 0.25) is 0 Å². The molecule has 0 radical (unpaired) electrons. The molecule has 0 bridgehead atoms. The number of hydrogen-bond donors (Lipinski definition) is 9. The molecule has 9 N–H and O–H groups in total. The van der Waals surface area contributed by atoms with Gasteiger partial charge in [-0.2, -0.15) is 4.37 Å². The summed E-state index contributed by atoms with van der Waals surface area (Å²) in [4.78, 5) is 62.4. The number of nitrogens with one attached hydrogen (secondary N) is 6. The molecule has 0 atom stereocenters. The standard InChI is InChI=1S/C23H17N3O2S.C22H18FN3OS.C21H16N4O2S2.C21H16N2O2S/c1-3-22(28)24-14-17-7-4-8-19-18(17)9-11-26(19)10-5-6-16-12-20(27)23-21(13-16)29-15(2)25-23;1-3-21(27)25-14-17-6-4-8-19(11-17)24-9-5-7-16-10-18(13-23)22-20(12-16)28-15(2)26-22;1-3-18(27)24-21-14-7-4-8-15(20(14)29-25-21)22-9-5-6-13-10-16(26)19-17(11-13)28-12(2)23-19;1-3-20(25)22-13-16-9-7-15(8-10-16)5-4-6-17-11-18(24)21-19(12-17)26-14(2)23-21/h1,4,7-9,11-13,27H,10,14H2,2H3,(H,24,28);1,4,6,8,10-12,24H,9,13-14H2,2H3,(H,25,27);3-4,7-8,10-11,22,26H,1,9H2,2H3,(H,24,25,27);1,7-12,24H,5,13H2,2H3,(H,22,25). The molecule has 14 rings (SSSR count). The summed E-state index contributed by atoms with van der Waals surface area (Å²) in [6.45, 7) is 13.1. The largest absolute Gasteiger partial charge is 0.506 e. The highest BCUT2D eigenvalue weighted by Crippen LogP contribution is 2.35. The fourth-order valence-electron chi connectivity index (χ4n) is 11.2. The van der Waals surface area contributed by atoms with Crippen LogP contribution < -0.4 is 31.9 Å². The lowest BCUT2D eigenvalue weighted by molar-refractivity contribution is -0.116. The van der Waals surface area contributed by atoms with Crippen LogP contribution in [0.5, 0.6) is 17.2 Å². The van der Waals surface area contributed by atoms with Gasteiger partial charge in [0.15, 0.2) is 5.82 Å². The Morgan fingerprint density at radius 3 is 1.57 bits per heavy atom. The second-order valence-corrected chi connectivity index (χ2v) is 30.1. The van der Waals surface area contributed by atoms with Crippen LogP contribution in [0.3, 0.4) is 0 Å². The lowest BCUT2D eigenvalue weighted by Crippen LogP contribution is -2.20. The maximum absolute atomic E-state index is 13.3. The maximum Gasteiger partial charge on any atom is 0.295 e. The molecule has 0 aliphatic rings. The van der Waals surface area contributed by atoms with Crippen LogP contribution in [0, 0.1) is 112 Å². The van der Waals surface area contributed by atoms with Crippen molar-refractivity contribution in [1.82, 2.24) is 44.8 Å². The van der Waals surface area contributed by atoms with E-state index in [-0.39, 0.29) is 23.2 Å². The molecule has 14 aromatic rings. The molecule has 25 heteroatoms. The molecule has 112 heavy (non-hydrogen) atoms. The Bertz CT molecular complexity index is 6380. The number of anilines is 3. The fraction of sp³-hybridized carbons (Fsp3) is 0.138. The molecule has 0 unspecified atom stereocenters. The molecule has 0 fully saturated rings. The van der Waals surface area contributed by atoms with E-state index in [0.29, 0.717) is 73.6 Å². The summed E-state index contributed by atoms with van der Waals surface area (Å²) in [5, 5.41) is 53.0. The Kier molecular flexibility index (Phi) is 26.8. The van der Waals surface area contributed by atoms with E-state index in [0.717, 1.165) is 121 Å². The average molecular weight is 1570 g/mol. The molecule has 0 saturated heterocycles. The number of halogens is 1. The lowest BCUT2D eigenvalue weighted by Gasteiger charge is -2.06. The van der Waals surface area contributed by atoms with Gasteiger partial charge in [-0.25, -0.2) is 24.3 Å². The summed E-state index contributed by atoms with van der Waals surface area (Å²) >= 11 is 7.45. The van der Waals surface area contributed by atoms with Gasteiger partial charge in [-0.1, -0.05) is 109 Å². The van der Waals surface area contributed by atoms with Crippen LogP contribution in [0.4, 0.5) is 21.6 Å². The van der Waals surface area contributed by atoms with E-state index in [9.17, 15) is 38.9 Å². The number of hydrogen-bond acceptors (Lipinski definition) is 19. The zero-order valence-corrected chi connectivity index (χ0v) is 64.7. The number of phenols is 3. The van der Waals surface area contributed by atoms with Crippen molar-refractivity contribution in [3.05, 3.63) is 228 Å². The molecule has 0 aliphatic carbocycles. The van der Waals surface area contributed by atoms with E-state index in [1.54, 1.807) is 24.3 Å². The first-order valence-corrected chi connectivity index (χ1v) is 38.3. The number of aromatic nitrogens is 6. The quantitative estimate of drug-likeness (QED) is 0.0341. The topological polar surface area (TPSA) is 271 Å². The Morgan fingerprint density at radius 2 is 1.01 bits per heavy atom. The van der Waals surface area contributed by atoms with Crippen molar-refractivity contribution in [3.63, 3.8) is 0 Å². The number of carbonyl (C=O) groups is 4. The van der Waals surface area contributed by atoms with Crippen molar-refractivity contribution in [2.45, 2.75) is 67.0 Å². The first-order valence-electron chi connectivity index (χ1n) is 34.2. The van der Waals surface area contributed by atoms with Gasteiger partial charge in [0.2, 0.25) is 5.91 Å². The average Bonchev–Trinajstić information content (AvgIpc) is 1.69. The minimum Gasteiger partial charge on any atom is -0.506 e. The van der Waals surface area contributed by atoms with Crippen LogP contribution in [0.25, 0.3) is 61.9 Å². The Balaban J connectivity index is 0.000000148. The second kappa shape index (κ2) is 37.8. The number of aromatic hydroxyl groups is 3. The molecule has 4 amide bonds. The summed E-state index contributed by atoms with van der Waals surface area (Å²) in [6.07, 6.45) is 18.9. The first kappa shape index (κ1) is 79.3. The second-order valence-electron chi connectivity index (χ2n) is 24.4. The number of nitrogens with zero attached hydrogens (tertiary/aromatic N) is 6. The third-order valence-electron chi connectivity index (χ3n) is 16.3. The van der Waals surface area contributed by atoms with E-state index in [2.05, 4.69) is 116 Å². The number of thiazole rings is 4. The van der Waals surface area contributed by atoms with Gasteiger partial charge in [-0.05, 0) is 170 Å². The Hall–Kier alpha value is -13.8. The van der Waals surface area contributed by atoms with Gasteiger partial charge in [0.25, 0.3) is 17.7 Å². The number of aryl methyl sites for hydroxylation is 4. The zero-order valence-electron chi connectivity index (χ0n) is 60.6. The Labute approximate surface area is 664 Å². The van der Waals surface area contributed by atoms with Gasteiger partial charge < -0.3 is 51.8 Å². The lowest BCUT2D eigenvalue weighted by atomic mass is 10.1. The Morgan fingerprint density at radius 1 is 0.518 bits per heavy atom. The van der Waals surface area contributed by atoms with Crippen LogP contribution >= 0.6 is 56.9 Å². The molecule has 8 aromatic carbocycles. The highest BCUT2D eigenvalue weighted by atomic mass is 32.1. The van der Waals surface area contributed by atoms with Gasteiger partial charge in [0.05, 0.1) is 74.4 Å². The van der Waals surface area contributed by atoms with E-state index in [1.807, 2.05) is 166 Å². The van der Waals surface area contributed by atoms with E-state index < -0.39 is 24.4 Å². The van der Waals surface area contributed by atoms with E-state index in [4.69, 9.17) is 19.3 Å². The summed E-state index contributed by atoms with van der Waals surface area (Å²) < 4.78 is 24.3. The molecule has 0 spiro atoms. The molecular weight excluding hydrogens is 1500 g/mol. The summed E-state index contributed by atoms with van der Waals surface area (Å²) in [6, 6.07) is 43.6. The number of fused-ring (bicyclic) bond motifs is 6. The molecule has 19 nitrogen and oxygen atoms in total. The van der Waals surface area contributed by atoms with Gasteiger partial charge in [-0.15, -0.1) is 64.6 Å². The smallest absolute Gasteiger partial charge is 0.295 e. The van der Waals surface area contributed by atoms with Crippen molar-refractivity contribution in [1.29, 1.82) is 0 Å². The number of phenolic OH excluding ortho intramolecular Hbond substituents is 3. The third kappa shape index (κ3) is 21.1. The number of benzene rings is 8. The molecule has 6 aromatic heterocycles. The van der Waals surface area contributed by atoms with Crippen LogP contribution in [-0.2, 0) is 58.5 Å². The zero-order chi connectivity index (χ0) is 79.2. The number of amides is 4. The van der Waals surface area contributed by atoms with Gasteiger partial charge in [-0.3, -0.25) is 19.2 Å². The fourth-order valence-corrected chi connectivity index (χ4v) is 15.6. The van der Waals surface area contributed by atoms with Crippen molar-refractivity contribution in [3.8, 4) is 102 Å². The van der Waals surface area contributed by atoms with Gasteiger partial charge in [0, 0.05) is 82.0 Å². The number of alkyl halides is 1. The predicted octanol–water partition coefficient (Wildman–Crippen LogP) is 15.0. The van der Waals surface area contributed by atoms with Crippen molar-refractivity contribution < 1.29 is 38.9 Å². The first-order chi connectivity index (χ1) is 54.2. The van der Waals surface area contributed by atoms with Crippen LogP contribution in [0.1, 0.15) is 70.1 Å². The SMILES string of the molecule is C#CC(=O)NCc1ccc(CC#Cc2cc(O)c3nc(C)sc3c2)cc1.C#CC(=O)NCc1cccc(NCC#Cc2cc(CF)c3nc(C)sc3c2)c1.C#CC(=O)NCc1cccc2c1ccn2CC#Cc1cc(O)c2nc(C)sc2c1.C=CC(=O)Nc1nsc2c(NCC#Cc3cc(O)c4nc(C)sc4c3)cccc12. The monoisotopic (exact) mass is 1570 g/mol. The summed E-state index contributed by atoms with van der Waals surface area (Å²) in [7, 11) is 0. The molecular formula is C87H67FN12O7S5. The minimum atomic E-state index is -0.559. The van der Waals surface area contributed by atoms with E-state index >= 15 is 0 Å². The normalized spacial score (nSPS) is 10.3. The molecule has 6 heterocycles. The van der Waals surface area contributed by atoms with Gasteiger partial charge >= 0.3 is 0 Å². The number of carbonyl (C=O) groups excluding carboxylic acids is 4. The minimum absolute atomic E-state index is 0.146. The van der Waals surface area contributed by atoms with Crippen molar-refractivity contribution in [2.24, 2.45) is 0 Å².